The van der Waals surface area contributed by atoms with Crippen LogP contribution in [-0.4, -0.2) is 12.5 Å². The van der Waals surface area contributed by atoms with Crippen LogP contribution in [0.25, 0.3) is 16.8 Å². The van der Waals surface area contributed by atoms with Gasteiger partial charge in [0.05, 0.1) is 5.70 Å². The Morgan fingerprint density at radius 2 is 1.88 bits per heavy atom. The maximum absolute atomic E-state index is 14.2. The van der Waals surface area contributed by atoms with E-state index in [2.05, 4.69) is 5.32 Å². The van der Waals surface area contributed by atoms with Crippen LogP contribution in [0.4, 0.5) is 10.1 Å². The summed E-state index contributed by atoms with van der Waals surface area (Å²) in [6, 6.07) is 9.85. The fourth-order valence-electron chi connectivity index (χ4n) is 2.48. The average Bonchev–Trinajstić information content (AvgIpc) is 2.60. The summed E-state index contributed by atoms with van der Waals surface area (Å²) in [5.74, 6) is -0.837. The van der Waals surface area contributed by atoms with E-state index in [1.165, 1.54) is 6.07 Å². The third-order valence-electron chi connectivity index (χ3n) is 3.88. The van der Waals surface area contributed by atoms with Crippen molar-refractivity contribution in [2.75, 3.05) is 12.3 Å². The van der Waals surface area contributed by atoms with Gasteiger partial charge in [0.1, 0.15) is 11.5 Å². The van der Waals surface area contributed by atoms with E-state index >= 15 is 0 Å². The first kappa shape index (κ1) is 18.3. The zero-order valence-corrected chi connectivity index (χ0v) is 14.4. The van der Waals surface area contributed by atoms with Gasteiger partial charge in [0.25, 0.3) is 5.91 Å². The van der Waals surface area contributed by atoms with Crippen LogP contribution < -0.4 is 22.5 Å². The minimum atomic E-state index is -0.453. The average molecular weight is 342 g/mol. The van der Waals surface area contributed by atoms with E-state index < -0.39 is 5.91 Å². The Bertz CT molecular complexity index is 830. The molecule has 2 rings (SSSR count). The first-order chi connectivity index (χ1) is 11.9. The van der Waals surface area contributed by atoms with Crippen molar-refractivity contribution in [3.05, 3.63) is 59.0 Å². The predicted molar refractivity (Wildman–Crippen MR) is 99.6 cm³/mol. The van der Waals surface area contributed by atoms with E-state index in [-0.39, 0.29) is 22.9 Å². The van der Waals surface area contributed by atoms with Gasteiger partial charge in [0.15, 0.2) is 0 Å². The van der Waals surface area contributed by atoms with Crippen LogP contribution in [0.1, 0.15) is 24.5 Å². The van der Waals surface area contributed by atoms with Gasteiger partial charge in [-0.25, -0.2) is 4.39 Å². The lowest BCUT2D eigenvalue weighted by atomic mass is 9.96. The Balaban J connectivity index is 2.51. The Morgan fingerprint density at radius 3 is 2.56 bits per heavy atom. The van der Waals surface area contributed by atoms with Crippen LogP contribution in [0.2, 0.25) is 0 Å². The highest BCUT2D eigenvalue weighted by molar-refractivity contribution is 6.01. The molecule has 7 N–H and O–H groups in total. The number of amides is 1. The summed E-state index contributed by atoms with van der Waals surface area (Å²) in [6.07, 6.45) is 0.781. The standard InChI is InChI=1S/C19H23FN4O/c1-3-9-24-19(25)18(23)17(22)13-6-4-5-12(16(13)21)14-10-11(2)7-8-15(14)20/h4-8,10H,3,9,21-23H2,1-2H3,(H,24,25)/b18-17+. The molecule has 0 fully saturated rings. The summed E-state index contributed by atoms with van der Waals surface area (Å²) in [4.78, 5) is 12.0. The maximum atomic E-state index is 14.2. The van der Waals surface area contributed by atoms with Crippen molar-refractivity contribution in [3.63, 3.8) is 0 Å². The molecule has 0 spiro atoms. The van der Waals surface area contributed by atoms with Gasteiger partial charge in [0, 0.05) is 28.9 Å². The monoisotopic (exact) mass is 342 g/mol. The molecule has 0 unspecified atom stereocenters. The number of aryl methyl sites for hydroxylation is 1. The highest BCUT2D eigenvalue weighted by Crippen LogP contribution is 2.33. The predicted octanol–water partition coefficient (Wildman–Crippen LogP) is 2.50. The number of para-hydroxylation sites is 1. The number of benzene rings is 2. The molecular weight excluding hydrogens is 319 g/mol. The topological polar surface area (TPSA) is 107 Å². The summed E-state index contributed by atoms with van der Waals surface area (Å²) in [5, 5.41) is 2.66. The number of carbonyl (C=O) groups is 1. The largest absolute Gasteiger partial charge is 0.398 e. The summed E-state index contributed by atoms with van der Waals surface area (Å²) < 4.78 is 14.2. The lowest BCUT2D eigenvalue weighted by Crippen LogP contribution is -2.31. The highest BCUT2D eigenvalue weighted by atomic mass is 19.1. The second kappa shape index (κ2) is 7.70. The van der Waals surface area contributed by atoms with Crippen molar-refractivity contribution < 1.29 is 9.18 Å². The lowest BCUT2D eigenvalue weighted by Gasteiger charge is -2.14. The van der Waals surface area contributed by atoms with Gasteiger partial charge >= 0.3 is 0 Å². The summed E-state index contributed by atoms with van der Waals surface area (Å²) in [6.45, 7) is 4.30. The Labute approximate surface area is 146 Å². The normalized spacial score (nSPS) is 11.8. The highest BCUT2D eigenvalue weighted by Gasteiger charge is 2.16. The second-order valence-corrected chi connectivity index (χ2v) is 5.83. The molecule has 0 saturated heterocycles. The van der Waals surface area contributed by atoms with E-state index in [0.717, 1.165) is 12.0 Å². The van der Waals surface area contributed by atoms with Crippen LogP contribution >= 0.6 is 0 Å². The van der Waals surface area contributed by atoms with Crippen LogP contribution in [0, 0.1) is 12.7 Å². The number of nitrogen functional groups attached to an aromatic ring is 1. The number of nitrogens with two attached hydrogens (primary N) is 3. The number of halogens is 1. The SMILES string of the molecule is CCCNC(=O)/C(N)=C(\N)c1cccc(-c2cc(C)ccc2F)c1N. The smallest absolute Gasteiger partial charge is 0.269 e. The van der Waals surface area contributed by atoms with Gasteiger partial charge in [-0.1, -0.05) is 36.8 Å². The second-order valence-electron chi connectivity index (χ2n) is 5.83. The fraction of sp³-hybridized carbons (Fsp3) is 0.211. The van der Waals surface area contributed by atoms with Gasteiger partial charge in [-0.05, 0) is 25.5 Å². The van der Waals surface area contributed by atoms with Crippen molar-refractivity contribution in [1.29, 1.82) is 0 Å². The minimum Gasteiger partial charge on any atom is -0.398 e. The lowest BCUT2D eigenvalue weighted by molar-refractivity contribution is -0.117. The first-order valence-electron chi connectivity index (χ1n) is 8.05. The van der Waals surface area contributed by atoms with E-state index in [9.17, 15) is 9.18 Å². The molecule has 5 nitrogen and oxygen atoms in total. The van der Waals surface area contributed by atoms with Crippen molar-refractivity contribution in [2.45, 2.75) is 20.3 Å². The third kappa shape index (κ3) is 3.91. The van der Waals surface area contributed by atoms with Gasteiger partial charge in [0.2, 0.25) is 0 Å². The molecular formula is C19H23FN4O. The number of carbonyl (C=O) groups excluding carboxylic acids is 1. The molecule has 132 valence electrons. The minimum absolute atomic E-state index is 0.0704. The number of anilines is 1. The molecule has 0 aliphatic heterocycles. The molecule has 0 radical (unpaired) electrons. The van der Waals surface area contributed by atoms with Crippen LogP contribution in [0.5, 0.6) is 0 Å². The van der Waals surface area contributed by atoms with E-state index in [1.807, 2.05) is 13.8 Å². The quantitative estimate of drug-likeness (QED) is 0.494. The summed E-state index contributed by atoms with van der Waals surface area (Å²) in [5.41, 5.74) is 20.5. The van der Waals surface area contributed by atoms with Crippen molar-refractivity contribution in [1.82, 2.24) is 5.32 Å². The Morgan fingerprint density at radius 1 is 1.16 bits per heavy atom. The zero-order chi connectivity index (χ0) is 18.6. The third-order valence-corrected chi connectivity index (χ3v) is 3.88. The maximum Gasteiger partial charge on any atom is 0.269 e. The molecule has 0 saturated carbocycles. The van der Waals surface area contributed by atoms with Crippen LogP contribution in [-0.2, 0) is 4.79 Å². The van der Waals surface area contributed by atoms with E-state index in [4.69, 9.17) is 17.2 Å². The fourth-order valence-corrected chi connectivity index (χ4v) is 2.48. The summed E-state index contributed by atoms with van der Waals surface area (Å²) >= 11 is 0. The number of hydrogen-bond acceptors (Lipinski definition) is 4. The summed E-state index contributed by atoms with van der Waals surface area (Å²) in [7, 11) is 0. The van der Waals surface area contributed by atoms with E-state index in [0.29, 0.717) is 23.2 Å². The molecule has 2 aromatic rings. The number of rotatable bonds is 5. The number of hydrogen-bond donors (Lipinski definition) is 4. The molecule has 0 aliphatic rings. The molecule has 25 heavy (non-hydrogen) atoms. The van der Waals surface area contributed by atoms with Crippen molar-refractivity contribution >= 4 is 17.3 Å². The first-order valence-corrected chi connectivity index (χ1v) is 8.05. The van der Waals surface area contributed by atoms with Crippen LogP contribution in [0.3, 0.4) is 0 Å². The molecule has 0 heterocycles. The molecule has 2 aromatic carbocycles. The van der Waals surface area contributed by atoms with Crippen molar-refractivity contribution in [3.8, 4) is 11.1 Å². The van der Waals surface area contributed by atoms with Crippen molar-refractivity contribution in [2.24, 2.45) is 11.5 Å². The molecule has 0 bridgehead atoms. The zero-order valence-electron chi connectivity index (χ0n) is 14.4. The molecule has 6 heteroatoms. The molecule has 1 amide bonds. The molecule has 0 aromatic heterocycles. The van der Waals surface area contributed by atoms with Gasteiger partial charge in [-0.3, -0.25) is 4.79 Å². The van der Waals surface area contributed by atoms with Gasteiger partial charge in [-0.15, -0.1) is 0 Å². The van der Waals surface area contributed by atoms with Crippen LogP contribution in [0.15, 0.2) is 42.1 Å². The number of nitrogens with one attached hydrogen (secondary N) is 1. The molecule has 0 aliphatic carbocycles. The van der Waals surface area contributed by atoms with E-state index in [1.54, 1.807) is 30.3 Å². The van der Waals surface area contributed by atoms with Gasteiger partial charge < -0.3 is 22.5 Å². The Hall–Kier alpha value is -3.02. The van der Waals surface area contributed by atoms with Gasteiger partial charge in [-0.2, -0.15) is 0 Å². The molecule has 0 atom stereocenters. The Kier molecular flexibility index (Phi) is 5.64.